The van der Waals surface area contributed by atoms with Gasteiger partial charge in [-0.3, -0.25) is 9.59 Å². The largest absolute Gasteiger partial charge is 0.352 e. The van der Waals surface area contributed by atoms with Crippen molar-refractivity contribution in [3.63, 3.8) is 0 Å². The Morgan fingerprint density at radius 3 is 2.36 bits per heavy atom. The first kappa shape index (κ1) is 19.6. The summed E-state index contributed by atoms with van der Waals surface area (Å²) in [4.78, 5) is 49.5. The lowest BCUT2D eigenvalue weighted by Crippen LogP contribution is -2.63. The molecule has 1 aromatic rings. The molecule has 12 heteroatoms. The molecule has 2 saturated heterocycles. The zero-order valence-corrected chi connectivity index (χ0v) is 15.7. The van der Waals surface area contributed by atoms with Gasteiger partial charge in [0.25, 0.3) is 0 Å². The number of nitrogens with one attached hydrogen (secondary N) is 3. The monoisotopic (exact) mass is 409 g/mol. The van der Waals surface area contributed by atoms with Crippen LogP contribution in [0.2, 0.25) is 0 Å². The minimum atomic E-state index is -3.79. The van der Waals surface area contributed by atoms with Crippen LogP contribution in [0.15, 0.2) is 30.3 Å². The molecule has 2 atom stereocenters. The summed E-state index contributed by atoms with van der Waals surface area (Å²) in [7, 11) is -3.79. The fraction of sp³-hybridized carbons (Fsp3) is 0.375. The Labute approximate surface area is 161 Å². The van der Waals surface area contributed by atoms with E-state index in [1.807, 2.05) is 0 Å². The molecular weight excluding hydrogens is 390 g/mol. The maximum Gasteiger partial charge on any atom is 0.341 e. The van der Waals surface area contributed by atoms with Crippen LogP contribution in [-0.2, 0) is 19.6 Å². The maximum atomic E-state index is 12.6. The third-order valence-corrected chi connectivity index (χ3v) is 5.53. The first-order chi connectivity index (χ1) is 13.2. The molecule has 2 unspecified atom stereocenters. The number of hydrogen-bond acceptors (Lipinski definition) is 6. The van der Waals surface area contributed by atoms with Crippen LogP contribution in [0.25, 0.3) is 0 Å². The number of amides is 6. The van der Waals surface area contributed by atoms with Crippen molar-refractivity contribution >= 4 is 33.9 Å². The fourth-order valence-electron chi connectivity index (χ4n) is 2.82. The second-order valence-corrected chi connectivity index (χ2v) is 8.28. The molecule has 2 heterocycles. The first-order valence-electron chi connectivity index (χ1n) is 8.41. The number of hydrogen-bond donors (Lipinski definition) is 3. The molecule has 0 saturated carbocycles. The van der Waals surface area contributed by atoms with E-state index in [2.05, 4.69) is 16.0 Å². The molecule has 0 aromatic heterocycles. The molecule has 11 nitrogen and oxygen atoms in total. The van der Waals surface area contributed by atoms with E-state index in [9.17, 15) is 27.6 Å². The summed E-state index contributed by atoms with van der Waals surface area (Å²) in [6.07, 6.45) is 0.871. The number of carbonyl (C=O) groups excluding carboxylic acids is 4. The molecule has 2 aliphatic heterocycles. The molecule has 2 fully saturated rings. The molecule has 0 spiro atoms. The van der Waals surface area contributed by atoms with Gasteiger partial charge in [0.15, 0.2) is 0 Å². The van der Waals surface area contributed by atoms with Gasteiger partial charge in [-0.25, -0.2) is 27.2 Å². The van der Waals surface area contributed by atoms with E-state index in [0.717, 1.165) is 11.2 Å². The Morgan fingerprint density at radius 1 is 1.18 bits per heavy atom. The van der Waals surface area contributed by atoms with Crippen LogP contribution < -0.4 is 16.0 Å². The quantitative estimate of drug-likeness (QED) is 0.518. The second-order valence-electron chi connectivity index (χ2n) is 6.37. The number of nitrogens with zero attached hydrogens (tertiary/aromatic N) is 2. The van der Waals surface area contributed by atoms with Gasteiger partial charge in [-0.05, 0) is 5.56 Å². The molecular formula is C16H19N5O6S. The molecule has 0 aliphatic carbocycles. The zero-order chi connectivity index (χ0) is 20.5. The number of carbonyl (C=O) groups is 4. The summed E-state index contributed by atoms with van der Waals surface area (Å²) in [5.41, 5.74) is 0.444. The smallest absolute Gasteiger partial charge is 0.341 e. The van der Waals surface area contributed by atoms with Gasteiger partial charge in [-0.1, -0.05) is 30.3 Å². The van der Waals surface area contributed by atoms with Crippen LogP contribution in [0.3, 0.4) is 0 Å². The minimum absolute atomic E-state index is 0.133. The van der Waals surface area contributed by atoms with Crippen molar-refractivity contribution in [1.82, 2.24) is 25.2 Å². The van der Waals surface area contributed by atoms with Crippen molar-refractivity contribution in [1.29, 1.82) is 0 Å². The van der Waals surface area contributed by atoms with E-state index >= 15 is 0 Å². The number of benzene rings is 1. The molecule has 6 amide bonds. The minimum Gasteiger partial charge on any atom is -0.352 e. The second kappa shape index (κ2) is 7.46. The van der Waals surface area contributed by atoms with E-state index < -0.39 is 40.1 Å². The summed E-state index contributed by atoms with van der Waals surface area (Å²) in [5, 5.41) is 7.47. The molecule has 3 rings (SSSR count). The van der Waals surface area contributed by atoms with Crippen LogP contribution >= 0.6 is 0 Å². The Morgan fingerprint density at radius 2 is 1.86 bits per heavy atom. The summed E-state index contributed by atoms with van der Waals surface area (Å²) in [6, 6.07) is 4.55. The predicted octanol–water partition coefficient (Wildman–Crippen LogP) is -1.25. The molecule has 0 bridgehead atoms. The van der Waals surface area contributed by atoms with Gasteiger partial charge in [0.1, 0.15) is 12.1 Å². The highest BCUT2D eigenvalue weighted by molar-refractivity contribution is 7.88. The van der Waals surface area contributed by atoms with Crippen molar-refractivity contribution in [3.05, 3.63) is 35.9 Å². The highest BCUT2D eigenvalue weighted by atomic mass is 32.2. The molecule has 0 radical (unpaired) electrons. The summed E-state index contributed by atoms with van der Waals surface area (Å²) in [5.74, 6) is -0.948. The van der Waals surface area contributed by atoms with Gasteiger partial charge in [-0.15, -0.1) is 0 Å². The average Bonchev–Trinajstić information content (AvgIpc) is 3.05. The SMILES string of the molecule is CS(=O)(=O)N1CCN(C(=O)NC(C(=O)NC2CNC2=O)c2ccccc2)C1=O. The molecule has 150 valence electrons. The van der Waals surface area contributed by atoms with E-state index in [1.54, 1.807) is 30.3 Å². The number of β-lactam (4-membered cyclic amide) rings is 1. The lowest BCUT2D eigenvalue weighted by Gasteiger charge is -2.29. The molecule has 2 aliphatic rings. The van der Waals surface area contributed by atoms with E-state index in [-0.39, 0.29) is 25.5 Å². The van der Waals surface area contributed by atoms with Crippen LogP contribution in [0, 0.1) is 0 Å². The van der Waals surface area contributed by atoms with E-state index in [4.69, 9.17) is 0 Å². The maximum absolute atomic E-state index is 12.6. The summed E-state index contributed by atoms with van der Waals surface area (Å²) in [6.45, 7) is -0.00458. The van der Waals surface area contributed by atoms with Gasteiger partial charge in [0, 0.05) is 6.54 Å². The summed E-state index contributed by atoms with van der Waals surface area (Å²) >= 11 is 0. The number of rotatable bonds is 5. The van der Waals surface area contributed by atoms with Crippen LogP contribution in [0.1, 0.15) is 11.6 Å². The molecule has 1 aromatic carbocycles. The molecule has 28 heavy (non-hydrogen) atoms. The highest BCUT2D eigenvalue weighted by Crippen LogP contribution is 2.17. The van der Waals surface area contributed by atoms with Gasteiger partial charge >= 0.3 is 12.1 Å². The average molecular weight is 409 g/mol. The van der Waals surface area contributed by atoms with Crippen LogP contribution in [0.4, 0.5) is 9.59 Å². The normalized spacial score (nSPS) is 20.2. The Balaban J connectivity index is 1.76. The Bertz CT molecular complexity index is 919. The molecule has 3 N–H and O–H groups in total. The standard InChI is InChI=1S/C16H19N5O6S/c1-28(26,27)21-8-7-20(16(21)25)15(24)19-12(10-5-3-2-4-6-10)14(23)18-11-9-17-13(11)22/h2-6,11-12H,7-9H2,1H3,(H,17,22)(H,18,23)(H,19,24). The Kier molecular flexibility index (Phi) is 5.23. The van der Waals surface area contributed by atoms with Crippen molar-refractivity contribution in [2.45, 2.75) is 12.1 Å². The van der Waals surface area contributed by atoms with E-state index in [1.165, 1.54) is 0 Å². The van der Waals surface area contributed by atoms with Crippen molar-refractivity contribution in [2.24, 2.45) is 0 Å². The summed E-state index contributed by atoms with van der Waals surface area (Å²) < 4.78 is 23.8. The van der Waals surface area contributed by atoms with Gasteiger partial charge in [0.2, 0.25) is 21.8 Å². The van der Waals surface area contributed by atoms with Gasteiger partial charge in [-0.2, -0.15) is 0 Å². The number of sulfonamides is 1. The number of imide groups is 1. The van der Waals surface area contributed by atoms with Crippen molar-refractivity contribution < 1.29 is 27.6 Å². The third kappa shape index (κ3) is 3.91. The topological polar surface area (TPSA) is 145 Å². The fourth-order valence-corrected chi connectivity index (χ4v) is 3.61. The van der Waals surface area contributed by atoms with Gasteiger partial charge in [0.05, 0.1) is 19.3 Å². The highest BCUT2D eigenvalue weighted by Gasteiger charge is 2.40. The van der Waals surface area contributed by atoms with Crippen molar-refractivity contribution in [2.75, 3.05) is 25.9 Å². The van der Waals surface area contributed by atoms with E-state index in [0.29, 0.717) is 9.87 Å². The lowest BCUT2D eigenvalue weighted by atomic mass is 10.0. The Hall–Kier alpha value is -3.15. The third-order valence-electron chi connectivity index (χ3n) is 4.39. The predicted molar refractivity (Wildman–Crippen MR) is 96.3 cm³/mol. The van der Waals surface area contributed by atoms with Gasteiger partial charge < -0.3 is 16.0 Å². The first-order valence-corrected chi connectivity index (χ1v) is 10.3. The number of urea groups is 2. The lowest BCUT2D eigenvalue weighted by molar-refractivity contribution is -0.134. The van der Waals surface area contributed by atoms with Crippen molar-refractivity contribution in [3.8, 4) is 0 Å². The zero-order valence-electron chi connectivity index (χ0n) is 14.9. The van der Waals surface area contributed by atoms with Crippen LogP contribution in [0.5, 0.6) is 0 Å². The van der Waals surface area contributed by atoms with Crippen LogP contribution in [-0.4, -0.2) is 73.4 Å².